The van der Waals surface area contributed by atoms with Crippen molar-refractivity contribution in [2.45, 2.75) is 26.2 Å². The highest BCUT2D eigenvalue weighted by Gasteiger charge is 2.45. The van der Waals surface area contributed by atoms with Gasteiger partial charge in [0, 0.05) is 0 Å². The van der Waals surface area contributed by atoms with Crippen LogP contribution in [-0.2, 0) is 9.53 Å². The molecule has 0 bridgehead atoms. The third kappa shape index (κ3) is 1.76. The third-order valence-corrected chi connectivity index (χ3v) is 3.34. The molecule has 15 heavy (non-hydrogen) atoms. The summed E-state index contributed by atoms with van der Waals surface area (Å²) in [7, 11) is 1.46. The minimum Gasteiger partial charge on any atom is -0.469 e. The molecular weight excluding hydrogens is 188 g/mol. The standard InChI is InChI=1S/C13H16O2/c1-8-5-4-6-10(9(8)2)11-7-12(11)13(14)15-3/h4-6,11-12H,7H2,1-3H3/t11-,12+/m1/s1. The van der Waals surface area contributed by atoms with Crippen LogP contribution in [0.25, 0.3) is 0 Å². The molecule has 1 fully saturated rings. The average Bonchev–Trinajstić information content (AvgIpc) is 3.01. The lowest BCUT2D eigenvalue weighted by Crippen LogP contribution is -2.04. The Hall–Kier alpha value is -1.31. The van der Waals surface area contributed by atoms with E-state index in [0.717, 1.165) is 6.42 Å². The van der Waals surface area contributed by atoms with E-state index in [1.54, 1.807) is 0 Å². The quantitative estimate of drug-likeness (QED) is 0.692. The van der Waals surface area contributed by atoms with Crippen LogP contribution in [0, 0.1) is 19.8 Å². The van der Waals surface area contributed by atoms with Crippen LogP contribution in [0.3, 0.4) is 0 Å². The Balaban J connectivity index is 2.20. The van der Waals surface area contributed by atoms with Gasteiger partial charge in [0.05, 0.1) is 13.0 Å². The highest BCUT2D eigenvalue weighted by molar-refractivity contribution is 5.77. The van der Waals surface area contributed by atoms with Crippen LogP contribution in [-0.4, -0.2) is 13.1 Å². The Kier molecular flexibility index (Phi) is 2.51. The van der Waals surface area contributed by atoms with E-state index < -0.39 is 0 Å². The van der Waals surface area contributed by atoms with Gasteiger partial charge in [-0.1, -0.05) is 18.2 Å². The molecule has 1 saturated carbocycles. The van der Waals surface area contributed by atoms with Gasteiger partial charge in [-0.15, -0.1) is 0 Å². The molecule has 0 spiro atoms. The van der Waals surface area contributed by atoms with Gasteiger partial charge in [-0.25, -0.2) is 0 Å². The smallest absolute Gasteiger partial charge is 0.309 e. The monoisotopic (exact) mass is 204 g/mol. The van der Waals surface area contributed by atoms with Gasteiger partial charge in [-0.05, 0) is 42.9 Å². The van der Waals surface area contributed by atoms with E-state index in [4.69, 9.17) is 4.74 Å². The van der Waals surface area contributed by atoms with Crippen LogP contribution >= 0.6 is 0 Å². The zero-order chi connectivity index (χ0) is 11.0. The summed E-state index contributed by atoms with van der Waals surface area (Å²) in [6, 6.07) is 6.29. The molecule has 80 valence electrons. The summed E-state index contributed by atoms with van der Waals surface area (Å²) in [5.74, 6) is 0.411. The molecular formula is C13H16O2. The van der Waals surface area contributed by atoms with Crippen molar-refractivity contribution in [2.75, 3.05) is 7.11 Å². The molecule has 0 aromatic heterocycles. The molecule has 0 unspecified atom stereocenters. The van der Waals surface area contributed by atoms with Gasteiger partial charge in [-0.3, -0.25) is 4.79 Å². The second-order valence-electron chi connectivity index (χ2n) is 4.26. The molecule has 0 radical (unpaired) electrons. The van der Waals surface area contributed by atoms with Gasteiger partial charge in [0.15, 0.2) is 0 Å². The van der Waals surface area contributed by atoms with Crippen molar-refractivity contribution in [3.05, 3.63) is 34.9 Å². The number of ether oxygens (including phenoxy) is 1. The fraction of sp³-hybridized carbons (Fsp3) is 0.462. The van der Waals surface area contributed by atoms with Gasteiger partial charge in [0.2, 0.25) is 0 Å². The van der Waals surface area contributed by atoms with Gasteiger partial charge in [-0.2, -0.15) is 0 Å². The molecule has 0 amide bonds. The van der Waals surface area contributed by atoms with Gasteiger partial charge in [0.1, 0.15) is 0 Å². The van der Waals surface area contributed by atoms with Gasteiger partial charge < -0.3 is 4.74 Å². The lowest BCUT2D eigenvalue weighted by molar-refractivity contribution is -0.142. The average molecular weight is 204 g/mol. The van der Waals surface area contributed by atoms with Crippen molar-refractivity contribution in [1.29, 1.82) is 0 Å². The van der Waals surface area contributed by atoms with E-state index in [1.165, 1.54) is 23.8 Å². The fourth-order valence-electron chi connectivity index (χ4n) is 2.13. The number of hydrogen-bond acceptors (Lipinski definition) is 2. The zero-order valence-electron chi connectivity index (χ0n) is 9.41. The number of carbonyl (C=O) groups is 1. The number of carbonyl (C=O) groups excluding carboxylic acids is 1. The first-order valence-corrected chi connectivity index (χ1v) is 5.29. The Labute approximate surface area is 90.3 Å². The molecule has 2 heteroatoms. The number of hydrogen-bond donors (Lipinski definition) is 0. The summed E-state index contributed by atoms with van der Waals surface area (Å²) in [6.07, 6.45) is 0.941. The van der Waals surface area contributed by atoms with E-state index in [2.05, 4.69) is 32.0 Å². The summed E-state index contributed by atoms with van der Waals surface area (Å²) < 4.78 is 4.76. The maximum Gasteiger partial charge on any atom is 0.309 e. The molecule has 1 aromatic carbocycles. The predicted molar refractivity (Wildman–Crippen MR) is 58.8 cm³/mol. The fourth-order valence-corrected chi connectivity index (χ4v) is 2.13. The van der Waals surface area contributed by atoms with Gasteiger partial charge in [0.25, 0.3) is 0 Å². The van der Waals surface area contributed by atoms with E-state index >= 15 is 0 Å². The summed E-state index contributed by atoms with van der Waals surface area (Å²) in [4.78, 5) is 11.3. The maximum atomic E-state index is 11.3. The number of benzene rings is 1. The summed E-state index contributed by atoms with van der Waals surface area (Å²) in [5.41, 5.74) is 3.92. The molecule has 0 saturated heterocycles. The first-order valence-electron chi connectivity index (χ1n) is 5.29. The normalized spacial score (nSPS) is 23.7. The van der Waals surface area contributed by atoms with E-state index in [0.29, 0.717) is 5.92 Å². The molecule has 2 rings (SSSR count). The topological polar surface area (TPSA) is 26.3 Å². The van der Waals surface area contributed by atoms with Gasteiger partial charge >= 0.3 is 5.97 Å². The van der Waals surface area contributed by atoms with Crippen LogP contribution in [0.2, 0.25) is 0 Å². The summed E-state index contributed by atoms with van der Waals surface area (Å²) in [6.45, 7) is 4.23. The first kappa shape index (κ1) is 10.2. The minimum atomic E-state index is -0.0686. The number of esters is 1. The molecule has 1 aliphatic rings. The molecule has 0 N–H and O–H groups in total. The number of aryl methyl sites for hydroxylation is 1. The Morgan fingerprint density at radius 1 is 1.40 bits per heavy atom. The predicted octanol–water partition coefficient (Wildman–Crippen LogP) is 2.58. The lowest BCUT2D eigenvalue weighted by Gasteiger charge is -2.07. The summed E-state index contributed by atoms with van der Waals surface area (Å²) >= 11 is 0. The molecule has 2 atom stereocenters. The Morgan fingerprint density at radius 3 is 2.80 bits per heavy atom. The second kappa shape index (κ2) is 3.69. The number of methoxy groups -OCH3 is 1. The number of rotatable bonds is 2. The van der Waals surface area contributed by atoms with E-state index in [9.17, 15) is 4.79 Å². The van der Waals surface area contributed by atoms with Crippen LogP contribution in [0.4, 0.5) is 0 Å². The zero-order valence-corrected chi connectivity index (χ0v) is 9.41. The second-order valence-corrected chi connectivity index (χ2v) is 4.26. The minimum absolute atomic E-state index is 0.0686. The molecule has 1 aromatic rings. The molecule has 1 aliphatic carbocycles. The van der Waals surface area contributed by atoms with Crippen molar-refractivity contribution in [3.8, 4) is 0 Å². The maximum absolute atomic E-state index is 11.3. The lowest BCUT2D eigenvalue weighted by atomic mass is 9.99. The first-order chi connectivity index (χ1) is 7.15. The largest absolute Gasteiger partial charge is 0.469 e. The third-order valence-electron chi connectivity index (χ3n) is 3.34. The summed E-state index contributed by atoms with van der Waals surface area (Å²) in [5, 5.41) is 0. The van der Waals surface area contributed by atoms with Crippen LogP contribution in [0.5, 0.6) is 0 Å². The Morgan fingerprint density at radius 2 is 2.13 bits per heavy atom. The molecule has 2 nitrogen and oxygen atoms in total. The molecule has 0 heterocycles. The van der Waals surface area contributed by atoms with E-state index in [1.807, 2.05) is 0 Å². The molecule has 0 aliphatic heterocycles. The van der Waals surface area contributed by atoms with Crippen molar-refractivity contribution >= 4 is 5.97 Å². The van der Waals surface area contributed by atoms with Crippen LogP contribution < -0.4 is 0 Å². The van der Waals surface area contributed by atoms with Crippen LogP contribution in [0.15, 0.2) is 18.2 Å². The van der Waals surface area contributed by atoms with Crippen LogP contribution in [0.1, 0.15) is 29.0 Å². The van der Waals surface area contributed by atoms with E-state index in [-0.39, 0.29) is 11.9 Å². The Bertz CT molecular complexity index is 396. The highest BCUT2D eigenvalue weighted by Crippen LogP contribution is 2.49. The highest BCUT2D eigenvalue weighted by atomic mass is 16.5. The SMILES string of the molecule is COC(=O)[C@H]1C[C@@H]1c1cccc(C)c1C. The van der Waals surface area contributed by atoms with Crippen molar-refractivity contribution in [1.82, 2.24) is 0 Å². The van der Waals surface area contributed by atoms with Crippen molar-refractivity contribution in [2.24, 2.45) is 5.92 Å². The van der Waals surface area contributed by atoms with Crippen molar-refractivity contribution < 1.29 is 9.53 Å². The van der Waals surface area contributed by atoms with Crippen molar-refractivity contribution in [3.63, 3.8) is 0 Å².